The van der Waals surface area contributed by atoms with Crippen LogP contribution in [0, 0.1) is 0 Å². The summed E-state index contributed by atoms with van der Waals surface area (Å²) in [5.74, 6) is -0.200. The molecule has 1 aliphatic rings. The highest BCUT2D eigenvalue weighted by molar-refractivity contribution is 5.76. The lowest BCUT2D eigenvalue weighted by Crippen LogP contribution is -2.60. The highest BCUT2D eigenvalue weighted by Crippen LogP contribution is 2.22. The Hall–Kier alpha value is -2.11. The number of ether oxygens (including phenoxy) is 2. The maximum atomic E-state index is 12.8. The van der Waals surface area contributed by atoms with Crippen LogP contribution < -0.4 is 5.32 Å². The van der Waals surface area contributed by atoms with E-state index in [2.05, 4.69) is 67.8 Å². The van der Waals surface area contributed by atoms with Gasteiger partial charge in [-0.1, -0.05) is 126 Å². The Morgan fingerprint density at radius 2 is 1.27 bits per heavy atom. The second-order valence-electron chi connectivity index (χ2n) is 13.0. The number of carbonyl (C=O) groups is 1. The molecule has 0 aromatic carbocycles. The van der Waals surface area contributed by atoms with Crippen molar-refractivity contribution in [3.05, 3.63) is 60.8 Å². The van der Waals surface area contributed by atoms with Crippen LogP contribution in [0.25, 0.3) is 0 Å². The molecule has 1 amide bonds. The van der Waals surface area contributed by atoms with Gasteiger partial charge >= 0.3 is 0 Å². The number of amides is 1. The minimum Gasteiger partial charge on any atom is -0.394 e. The zero-order chi connectivity index (χ0) is 36.0. The van der Waals surface area contributed by atoms with E-state index in [1.807, 2.05) is 6.08 Å². The molecule has 9 nitrogen and oxygen atoms in total. The quantitative estimate of drug-likeness (QED) is 0.0385. The molecule has 0 saturated carbocycles. The SMILES string of the molecule is CC/C=C\C/C=C\C/C=C\C/C=C\CCCCCCCCC(=O)NC(COC1OC(CO)C(O)C(O)C1O)C(O)/C=C/CCCCCCC. The molecule has 282 valence electrons. The average Bonchev–Trinajstić information content (AvgIpc) is 3.10. The third-order valence-electron chi connectivity index (χ3n) is 8.60. The van der Waals surface area contributed by atoms with E-state index in [9.17, 15) is 30.3 Å². The lowest BCUT2D eigenvalue weighted by Gasteiger charge is -2.40. The molecule has 1 fully saturated rings. The molecule has 0 aliphatic carbocycles. The van der Waals surface area contributed by atoms with Crippen molar-refractivity contribution < 1.29 is 39.8 Å². The maximum absolute atomic E-state index is 12.8. The van der Waals surface area contributed by atoms with Crippen LogP contribution in [0.5, 0.6) is 0 Å². The van der Waals surface area contributed by atoms with Crippen LogP contribution in [0.1, 0.15) is 129 Å². The number of nitrogens with one attached hydrogen (secondary N) is 1. The van der Waals surface area contributed by atoms with Gasteiger partial charge in [-0.2, -0.15) is 0 Å². The van der Waals surface area contributed by atoms with Crippen molar-refractivity contribution in [3.63, 3.8) is 0 Å². The summed E-state index contributed by atoms with van der Waals surface area (Å²) in [6, 6.07) is -0.811. The van der Waals surface area contributed by atoms with Crippen LogP contribution >= 0.6 is 0 Å². The molecule has 0 spiro atoms. The minimum absolute atomic E-state index is 0.199. The topological polar surface area (TPSA) is 149 Å². The Bertz CT molecular complexity index is 947. The first-order valence-electron chi connectivity index (χ1n) is 19.0. The summed E-state index contributed by atoms with van der Waals surface area (Å²) in [4.78, 5) is 12.8. The first-order chi connectivity index (χ1) is 23.8. The van der Waals surface area contributed by atoms with Crippen molar-refractivity contribution in [2.24, 2.45) is 0 Å². The molecule has 7 atom stereocenters. The van der Waals surface area contributed by atoms with Crippen molar-refractivity contribution in [1.29, 1.82) is 0 Å². The van der Waals surface area contributed by atoms with Gasteiger partial charge in [-0.15, -0.1) is 0 Å². The van der Waals surface area contributed by atoms with Crippen molar-refractivity contribution in [2.45, 2.75) is 172 Å². The summed E-state index contributed by atoms with van der Waals surface area (Å²) >= 11 is 0. The standard InChI is InChI=1S/C40H69NO8/c1-3-5-7-9-11-12-13-14-15-16-17-18-19-20-21-22-24-26-28-30-36(44)41-33(34(43)29-27-25-23-10-8-6-4-2)32-48-40-39(47)38(46)37(45)35(31-42)49-40/h5,7,11-12,14-15,17-18,27,29,33-35,37-40,42-43,45-47H,3-4,6,8-10,13,16,19-26,28,30-32H2,1-2H3,(H,41,44)/b7-5-,12-11-,15-14-,18-17-,29-27+. The Labute approximate surface area is 296 Å². The number of rotatable bonds is 29. The summed E-state index contributed by atoms with van der Waals surface area (Å²) in [7, 11) is 0. The van der Waals surface area contributed by atoms with Gasteiger partial charge in [-0.3, -0.25) is 4.79 Å². The molecule has 0 radical (unpaired) electrons. The second-order valence-corrected chi connectivity index (χ2v) is 13.0. The molecule has 7 unspecified atom stereocenters. The molecule has 1 saturated heterocycles. The van der Waals surface area contributed by atoms with E-state index < -0.39 is 49.5 Å². The monoisotopic (exact) mass is 692 g/mol. The van der Waals surface area contributed by atoms with Gasteiger partial charge in [0.05, 0.1) is 25.4 Å². The van der Waals surface area contributed by atoms with Crippen molar-refractivity contribution in [2.75, 3.05) is 13.2 Å². The van der Waals surface area contributed by atoms with Crippen LogP contribution in [-0.4, -0.2) is 87.5 Å². The van der Waals surface area contributed by atoms with E-state index in [1.54, 1.807) is 6.08 Å². The zero-order valence-corrected chi connectivity index (χ0v) is 30.4. The number of allylic oxidation sites excluding steroid dienone is 9. The fraction of sp³-hybridized carbons (Fsp3) is 0.725. The van der Waals surface area contributed by atoms with Crippen LogP contribution in [0.15, 0.2) is 60.8 Å². The number of aliphatic hydroxyl groups is 5. The number of aliphatic hydroxyl groups excluding tert-OH is 5. The molecular formula is C40H69NO8. The van der Waals surface area contributed by atoms with Crippen molar-refractivity contribution >= 4 is 5.91 Å². The predicted octanol–water partition coefficient (Wildman–Crippen LogP) is 6.49. The second kappa shape index (κ2) is 30.7. The third-order valence-corrected chi connectivity index (χ3v) is 8.60. The van der Waals surface area contributed by atoms with Gasteiger partial charge in [0.2, 0.25) is 5.91 Å². The summed E-state index contributed by atoms with van der Waals surface area (Å²) < 4.78 is 11.1. The van der Waals surface area contributed by atoms with E-state index in [0.29, 0.717) is 6.42 Å². The Kier molecular flexibility index (Phi) is 28.1. The summed E-state index contributed by atoms with van der Waals surface area (Å²) in [6.07, 6.45) is 31.4. The Morgan fingerprint density at radius 3 is 1.88 bits per heavy atom. The summed E-state index contributed by atoms with van der Waals surface area (Å²) in [6.45, 7) is 3.55. The van der Waals surface area contributed by atoms with Gasteiger partial charge in [0.1, 0.15) is 24.4 Å². The van der Waals surface area contributed by atoms with Gasteiger partial charge in [0, 0.05) is 6.42 Å². The van der Waals surface area contributed by atoms with Crippen LogP contribution in [0.2, 0.25) is 0 Å². The highest BCUT2D eigenvalue weighted by Gasteiger charge is 2.44. The normalized spacial score (nSPS) is 23.1. The van der Waals surface area contributed by atoms with Gasteiger partial charge in [-0.25, -0.2) is 0 Å². The number of unbranched alkanes of at least 4 members (excludes halogenated alkanes) is 11. The molecule has 1 aliphatic heterocycles. The largest absolute Gasteiger partial charge is 0.394 e. The Balaban J connectivity index is 2.37. The Morgan fingerprint density at radius 1 is 0.714 bits per heavy atom. The lowest BCUT2D eigenvalue weighted by molar-refractivity contribution is -0.302. The molecule has 9 heteroatoms. The van der Waals surface area contributed by atoms with Crippen molar-refractivity contribution in [3.8, 4) is 0 Å². The maximum Gasteiger partial charge on any atom is 0.220 e. The number of hydrogen-bond acceptors (Lipinski definition) is 8. The first-order valence-corrected chi connectivity index (χ1v) is 19.0. The van der Waals surface area contributed by atoms with Gasteiger partial charge in [-0.05, 0) is 57.8 Å². The van der Waals surface area contributed by atoms with Gasteiger partial charge in [0.15, 0.2) is 6.29 Å². The summed E-state index contributed by atoms with van der Waals surface area (Å²) in [5, 5.41) is 53.7. The first kappa shape index (κ1) is 44.9. The predicted molar refractivity (Wildman–Crippen MR) is 198 cm³/mol. The molecule has 49 heavy (non-hydrogen) atoms. The minimum atomic E-state index is -1.57. The van der Waals surface area contributed by atoms with Crippen molar-refractivity contribution in [1.82, 2.24) is 5.32 Å². The lowest BCUT2D eigenvalue weighted by atomic mass is 9.99. The number of hydrogen-bond donors (Lipinski definition) is 6. The fourth-order valence-electron chi connectivity index (χ4n) is 5.50. The third kappa shape index (κ3) is 22.4. The zero-order valence-electron chi connectivity index (χ0n) is 30.4. The average molecular weight is 692 g/mol. The molecule has 1 rings (SSSR count). The molecule has 0 bridgehead atoms. The molecule has 0 aromatic heterocycles. The molecular weight excluding hydrogens is 622 g/mol. The van der Waals surface area contributed by atoms with Gasteiger partial charge in [0.25, 0.3) is 0 Å². The highest BCUT2D eigenvalue weighted by atomic mass is 16.7. The van der Waals surface area contributed by atoms with Gasteiger partial charge < -0.3 is 40.3 Å². The molecule has 6 N–H and O–H groups in total. The van der Waals surface area contributed by atoms with E-state index >= 15 is 0 Å². The van der Waals surface area contributed by atoms with Crippen LogP contribution in [-0.2, 0) is 14.3 Å². The van der Waals surface area contributed by atoms with E-state index in [-0.39, 0.29) is 12.5 Å². The van der Waals surface area contributed by atoms with Crippen LogP contribution in [0.4, 0.5) is 0 Å². The fourth-order valence-corrected chi connectivity index (χ4v) is 5.50. The summed E-state index contributed by atoms with van der Waals surface area (Å²) in [5.41, 5.74) is 0. The van der Waals surface area contributed by atoms with E-state index in [4.69, 9.17) is 9.47 Å². The molecule has 1 heterocycles. The molecule has 0 aromatic rings. The van der Waals surface area contributed by atoms with Crippen LogP contribution in [0.3, 0.4) is 0 Å². The number of carbonyl (C=O) groups excluding carboxylic acids is 1. The van der Waals surface area contributed by atoms with E-state index in [0.717, 1.165) is 89.9 Å². The van der Waals surface area contributed by atoms with E-state index in [1.165, 1.54) is 19.3 Å². The smallest absolute Gasteiger partial charge is 0.220 e.